The molecule has 1 atom stereocenters. The van der Waals surface area contributed by atoms with Crippen molar-refractivity contribution >= 4 is 23.2 Å². The van der Waals surface area contributed by atoms with Crippen LogP contribution in [0, 0.1) is 10.1 Å². The minimum absolute atomic E-state index is 0.0224. The van der Waals surface area contributed by atoms with Crippen LogP contribution >= 0.6 is 11.8 Å². The molecule has 0 aliphatic carbocycles. The molecule has 0 aliphatic heterocycles. The maximum atomic E-state index is 12.7. The van der Waals surface area contributed by atoms with Crippen LogP contribution in [0.4, 0.5) is 5.69 Å². The van der Waals surface area contributed by atoms with E-state index in [1.165, 1.54) is 12.1 Å². The van der Waals surface area contributed by atoms with Gasteiger partial charge in [-0.05, 0) is 24.0 Å². The van der Waals surface area contributed by atoms with Crippen molar-refractivity contribution in [3.8, 4) is 11.5 Å². The van der Waals surface area contributed by atoms with E-state index in [2.05, 4.69) is 31.0 Å². The molecule has 0 aliphatic rings. The summed E-state index contributed by atoms with van der Waals surface area (Å²) in [5.41, 5.74) is 2.20. The molecule has 3 aromatic rings. The predicted molar refractivity (Wildman–Crippen MR) is 111 cm³/mol. The second-order valence-corrected chi connectivity index (χ2v) is 8.92. The standard InChI is InChI=1S/C21H21N3O4S/c1-13(18(25)14-8-10-16(11-9-14)21(2,3)4)29-20-23-22-19(28-20)15-6-5-7-17(12-15)24(26)27/h5-13H,1-4H3/t13-/m0/s1. The number of aromatic nitrogens is 2. The molecule has 0 amide bonds. The summed E-state index contributed by atoms with van der Waals surface area (Å²) in [7, 11) is 0. The van der Waals surface area contributed by atoms with Gasteiger partial charge in [0, 0.05) is 23.3 Å². The van der Waals surface area contributed by atoms with Crippen LogP contribution in [-0.2, 0) is 5.41 Å². The summed E-state index contributed by atoms with van der Waals surface area (Å²) >= 11 is 1.16. The van der Waals surface area contributed by atoms with E-state index in [0.29, 0.717) is 11.1 Å². The molecule has 1 aromatic heterocycles. The highest BCUT2D eigenvalue weighted by atomic mass is 32.2. The summed E-state index contributed by atoms with van der Waals surface area (Å²) in [5, 5.41) is 18.6. The van der Waals surface area contributed by atoms with Gasteiger partial charge in [-0.1, -0.05) is 62.9 Å². The summed E-state index contributed by atoms with van der Waals surface area (Å²) in [4.78, 5) is 23.2. The molecule has 0 fully saturated rings. The lowest BCUT2D eigenvalue weighted by molar-refractivity contribution is -0.384. The van der Waals surface area contributed by atoms with Gasteiger partial charge in [0.2, 0.25) is 5.89 Å². The molecule has 1 heterocycles. The van der Waals surface area contributed by atoms with Crippen LogP contribution in [0.1, 0.15) is 43.6 Å². The normalized spacial score (nSPS) is 12.6. The van der Waals surface area contributed by atoms with E-state index in [9.17, 15) is 14.9 Å². The Bertz CT molecular complexity index is 1040. The third kappa shape index (κ3) is 4.89. The first-order chi connectivity index (χ1) is 13.6. The smallest absolute Gasteiger partial charge is 0.277 e. The molecule has 29 heavy (non-hydrogen) atoms. The summed E-state index contributed by atoms with van der Waals surface area (Å²) in [6.45, 7) is 8.15. The SMILES string of the molecule is C[C@H](Sc1nnc(-c2cccc([N+](=O)[O-])c2)o1)C(=O)c1ccc(C(C)(C)C)cc1. The zero-order valence-corrected chi connectivity index (χ0v) is 17.4. The van der Waals surface area contributed by atoms with Crippen molar-refractivity contribution in [2.45, 2.75) is 43.6 Å². The number of thioether (sulfide) groups is 1. The Labute approximate surface area is 172 Å². The molecule has 8 heteroatoms. The van der Waals surface area contributed by atoms with Crippen LogP contribution in [0.2, 0.25) is 0 Å². The Morgan fingerprint density at radius 3 is 2.45 bits per heavy atom. The molecule has 0 radical (unpaired) electrons. The van der Waals surface area contributed by atoms with Crippen LogP contribution in [0.25, 0.3) is 11.5 Å². The summed E-state index contributed by atoms with van der Waals surface area (Å²) in [6, 6.07) is 13.6. The van der Waals surface area contributed by atoms with Gasteiger partial charge in [-0.2, -0.15) is 0 Å². The molecule has 0 saturated carbocycles. The maximum Gasteiger partial charge on any atom is 0.277 e. The molecular formula is C21H21N3O4S. The van der Waals surface area contributed by atoms with E-state index >= 15 is 0 Å². The number of rotatable bonds is 6. The summed E-state index contributed by atoms with van der Waals surface area (Å²) < 4.78 is 5.59. The monoisotopic (exact) mass is 411 g/mol. The van der Waals surface area contributed by atoms with Crippen LogP contribution in [0.15, 0.2) is 58.2 Å². The molecule has 0 unspecified atom stereocenters. The first kappa shape index (κ1) is 20.7. The van der Waals surface area contributed by atoms with Crippen LogP contribution in [0.5, 0.6) is 0 Å². The van der Waals surface area contributed by atoms with Gasteiger partial charge < -0.3 is 4.42 Å². The van der Waals surface area contributed by atoms with Gasteiger partial charge in [-0.25, -0.2) is 0 Å². The maximum absolute atomic E-state index is 12.7. The highest BCUT2D eigenvalue weighted by Gasteiger charge is 2.21. The van der Waals surface area contributed by atoms with Crippen molar-refractivity contribution in [3.05, 3.63) is 69.8 Å². The van der Waals surface area contributed by atoms with E-state index in [1.54, 1.807) is 19.1 Å². The zero-order valence-electron chi connectivity index (χ0n) is 16.6. The average molecular weight is 411 g/mol. The fourth-order valence-electron chi connectivity index (χ4n) is 2.70. The molecule has 0 spiro atoms. The highest BCUT2D eigenvalue weighted by molar-refractivity contribution is 8.00. The van der Waals surface area contributed by atoms with Crippen LogP contribution in [0.3, 0.4) is 0 Å². The molecule has 7 nitrogen and oxygen atoms in total. The number of carbonyl (C=O) groups excluding carboxylic acids is 1. The second kappa shape index (κ2) is 8.16. The third-order valence-corrected chi connectivity index (χ3v) is 5.33. The average Bonchev–Trinajstić information content (AvgIpc) is 3.15. The number of Topliss-reactive ketones (excluding diaryl/α,β-unsaturated/α-hetero) is 1. The Morgan fingerprint density at radius 2 is 1.83 bits per heavy atom. The third-order valence-electron chi connectivity index (χ3n) is 4.39. The topological polar surface area (TPSA) is 99.1 Å². The van der Waals surface area contributed by atoms with Gasteiger partial charge in [0.05, 0.1) is 10.2 Å². The Morgan fingerprint density at radius 1 is 1.14 bits per heavy atom. The predicted octanol–water partition coefficient (Wildman–Crippen LogP) is 5.31. The minimum atomic E-state index is -0.485. The molecular weight excluding hydrogens is 390 g/mol. The molecule has 0 saturated heterocycles. The highest BCUT2D eigenvalue weighted by Crippen LogP contribution is 2.29. The van der Waals surface area contributed by atoms with Gasteiger partial charge in [0.25, 0.3) is 10.9 Å². The first-order valence-electron chi connectivity index (χ1n) is 9.05. The zero-order chi connectivity index (χ0) is 21.2. The Hall–Kier alpha value is -3.00. The van der Waals surface area contributed by atoms with Gasteiger partial charge in [0.15, 0.2) is 5.78 Å². The van der Waals surface area contributed by atoms with E-state index in [1.807, 2.05) is 24.3 Å². The number of carbonyl (C=O) groups is 1. The largest absolute Gasteiger partial charge is 0.411 e. The number of ketones is 1. The number of hydrogen-bond donors (Lipinski definition) is 0. The number of hydrogen-bond acceptors (Lipinski definition) is 7. The summed E-state index contributed by atoms with van der Waals surface area (Å²) in [5.74, 6) is 0.135. The molecule has 0 bridgehead atoms. The fourth-order valence-corrected chi connectivity index (χ4v) is 3.46. The van der Waals surface area contributed by atoms with E-state index < -0.39 is 10.2 Å². The molecule has 2 aromatic carbocycles. The first-order valence-corrected chi connectivity index (χ1v) is 9.93. The van der Waals surface area contributed by atoms with Crippen molar-refractivity contribution in [2.24, 2.45) is 0 Å². The van der Waals surface area contributed by atoms with Crippen molar-refractivity contribution in [2.75, 3.05) is 0 Å². The Balaban J connectivity index is 1.71. The van der Waals surface area contributed by atoms with E-state index in [4.69, 9.17) is 4.42 Å². The number of non-ortho nitro benzene ring substituents is 1. The van der Waals surface area contributed by atoms with Gasteiger partial charge in [-0.15, -0.1) is 10.2 Å². The van der Waals surface area contributed by atoms with Gasteiger partial charge in [-0.3, -0.25) is 14.9 Å². The molecule has 3 rings (SSSR count). The van der Waals surface area contributed by atoms with E-state index in [0.717, 1.165) is 17.3 Å². The van der Waals surface area contributed by atoms with Crippen molar-refractivity contribution < 1.29 is 14.1 Å². The number of nitro benzene ring substituents is 1. The summed E-state index contributed by atoms with van der Waals surface area (Å²) in [6.07, 6.45) is 0. The van der Waals surface area contributed by atoms with E-state index in [-0.39, 0.29) is 28.0 Å². The lowest BCUT2D eigenvalue weighted by Gasteiger charge is -2.19. The Kier molecular flexibility index (Phi) is 5.83. The van der Waals surface area contributed by atoms with Crippen LogP contribution < -0.4 is 0 Å². The van der Waals surface area contributed by atoms with Crippen molar-refractivity contribution in [1.29, 1.82) is 0 Å². The van der Waals surface area contributed by atoms with Crippen LogP contribution in [-0.4, -0.2) is 26.2 Å². The number of nitrogens with zero attached hydrogens (tertiary/aromatic N) is 3. The number of nitro groups is 1. The fraction of sp³-hybridized carbons (Fsp3) is 0.286. The molecule has 0 N–H and O–H groups in total. The minimum Gasteiger partial charge on any atom is -0.411 e. The lowest BCUT2D eigenvalue weighted by Crippen LogP contribution is -2.15. The van der Waals surface area contributed by atoms with Gasteiger partial charge >= 0.3 is 0 Å². The second-order valence-electron chi connectivity index (χ2n) is 7.63. The van der Waals surface area contributed by atoms with Crippen molar-refractivity contribution in [3.63, 3.8) is 0 Å². The van der Waals surface area contributed by atoms with Gasteiger partial charge in [0.1, 0.15) is 0 Å². The molecule has 150 valence electrons. The van der Waals surface area contributed by atoms with Crippen molar-refractivity contribution in [1.82, 2.24) is 10.2 Å². The quantitative estimate of drug-likeness (QED) is 0.235. The lowest BCUT2D eigenvalue weighted by atomic mass is 9.86. The number of benzene rings is 2.